The fraction of sp³-hybridized carbons (Fsp3) is 0.364. The van der Waals surface area contributed by atoms with E-state index < -0.39 is 0 Å². The van der Waals surface area contributed by atoms with Crippen molar-refractivity contribution in [3.8, 4) is 5.75 Å². The molecule has 1 aromatic carbocycles. The number of ether oxygens (including phenoxy) is 1. The zero-order chi connectivity index (χ0) is 10.7. The number of hydrogen-bond acceptors (Lipinski definition) is 2. The lowest BCUT2D eigenvalue weighted by Gasteiger charge is -2.09. The number of carbonyl (C=O) groups is 1. The number of methoxy groups -OCH3 is 1. The second-order valence-corrected chi connectivity index (χ2v) is 3.91. The molecule has 0 spiro atoms. The van der Waals surface area contributed by atoms with Crippen LogP contribution in [0.4, 0.5) is 0 Å². The molecule has 0 unspecified atom stereocenters. The maximum Gasteiger partial charge on any atom is 0.163 e. The van der Waals surface area contributed by atoms with Crippen LogP contribution in [-0.4, -0.2) is 12.9 Å². The van der Waals surface area contributed by atoms with Gasteiger partial charge in [0.2, 0.25) is 0 Å². The second-order valence-electron chi connectivity index (χ2n) is 3.05. The van der Waals surface area contributed by atoms with Gasteiger partial charge in [0, 0.05) is 4.47 Å². The van der Waals surface area contributed by atoms with E-state index in [2.05, 4.69) is 22.9 Å². The fourth-order valence-corrected chi connectivity index (χ4v) is 1.93. The van der Waals surface area contributed by atoms with Crippen LogP contribution in [0.5, 0.6) is 5.75 Å². The third-order valence-corrected chi connectivity index (χ3v) is 2.87. The Balaban J connectivity index is 3.31. The van der Waals surface area contributed by atoms with E-state index in [9.17, 15) is 4.79 Å². The number of halogens is 1. The molecular weight excluding hydrogens is 244 g/mol. The maximum absolute atomic E-state index is 11.3. The van der Waals surface area contributed by atoms with Crippen LogP contribution in [0, 0.1) is 0 Å². The minimum atomic E-state index is 0.0187. The molecule has 0 N–H and O–H groups in total. The monoisotopic (exact) mass is 256 g/mol. The van der Waals surface area contributed by atoms with Gasteiger partial charge < -0.3 is 4.74 Å². The smallest absolute Gasteiger partial charge is 0.163 e. The highest BCUT2D eigenvalue weighted by atomic mass is 79.9. The quantitative estimate of drug-likeness (QED) is 0.777. The number of ketones is 1. The summed E-state index contributed by atoms with van der Waals surface area (Å²) in [6, 6.07) is 3.72. The van der Waals surface area contributed by atoms with E-state index in [1.165, 1.54) is 6.92 Å². The summed E-state index contributed by atoms with van der Waals surface area (Å²) >= 11 is 3.43. The molecule has 0 saturated heterocycles. The standard InChI is InChI=1S/C11H13BrO2/c1-4-8-5-11(14-3)9(7(2)13)6-10(8)12/h5-6H,4H2,1-3H3. The molecule has 0 aliphatic rings. The third kappa shape index (κ3) is 2.15. The Morgan fingerprint density at radius 3 is 2.57 bits per heavy atom. The molecule has 0 fully saturated rings. The SMILES string of the molecule is CCc1cc(OC)c(C(C)=O)cc1Br. The van der Waals surface area contributed by atoms with E-state index in [0.29, 0.717) is 11.3 Å². The average Bonchev–Trinajstić information content (AvgIpc) is 2.17. The zero-order valence-corrected chi connectivity index (χ0v) is 10.1. The summed E-state index contributed by atoms with van der Waals surface area (Å²) in [6.07, 6.45) is 0.912. The molecule has 0 radical (unpaired) electrons. The van der Waals surface area contributed by atoms with Gasteiger partial charge in [-0.25, -0.2) is 0 Å². The Morgan fingerprint density at radius 1 is 1.50 bits per heavy atom. The second kappa shape index (κ2) is 4.60. The lowest BCUT2D eigenvalue weighted by Crippen LogP contribution is -1.99. The Morgan fingerprint density at radius 2 is 2.14 bits per heavy atom. The van der Waals surface area contributed by atoms with Gasteiger partial charge in [0.25, 0.3) is 0 Å². The van der Waals surface area contributed by atoms with E-state index >= 15 is 0 Å². The van der Waals surface area contributed by atoms with Crippen LogP contribution in [0.2, 0.25) is 0 Å². The van der Waals surface area contributed by atoms with Gasteiger partial charge in [0.15, 0.2) is 5.78 Å². The summed E-state index contributed by atoms with van der Waals surface area (Å²) in [6.45, 7) is 3.60. The van der Waals surface area contributed by atoms with Gasteiger partial charge in [0.05, 0.1) is 12.7 Å². The van der Waals surface area contributed by atoms with Crippen molar-refractivity contribution in [2.45, 2.75) is 20.3 Å². The average molecular weight is 257 g/mol. The molecule has 0 atom stereocenters. The minimum Gasteiger partial charge on any atom is -0.496 e. The Labute approximate surface area is 92.4 Å². The molecule has 2 nitrogen and oxygen atoms in total. The number of benzene rings is 1. The summed E-state index contributed by atoms with van der Waals surface area (Å²) in [5, 5.41) is 0. The summed E-state index contributed by atoms with van der Waals surface area (Å²) < 4.78 is 6.13. The van der Waals surface area contributed by atoms with Crippen molar-refractivity contribution >= 4 is 21.7 Å². The van der Waals surface area contributed by atoms with E-state index in [0.717, 1.165) is 16.5 Å². The predicted molar refractivity (Wildman–Crippen MR) is 60.1 cm³/mol. The van der Waals surface area contributed by atoms with Crippen LogP contribution in [0.1, 0.15) is 29.8 Å². The topological polar surface area (TPSA) is 26.3 Å². The predicted octanol–water partition coefficient (Wildman–Crippen LogP) is 3.22. The van der Waals surface area contributed by atoms with E-state index in [-0.39, 0.29) is 5.78 Å². The molecular formula is C11H13BrO2. The van der Waals surface area contributed by atoms with E-state index in [4.69, 9.17) is 4.74 Å². The van der Waals surface area contributed by atoms with Crippen LogP contribution in [0.15, 0.2) is 16.6 Å². The van der Waals surface area contributed by atoms with Crippen LogP contribution >= 0.6 is 15.9 Å². The Hall–Kier alpha value is -0.830. The van der Waals surface area contributed by atoms with Gasteiger partial charge in [-0.3, -0.25) is 4.79 Å². The van der Waals surface area contributed by atoms with Gasteiger partial charge in [-0.15, -0.1) is 0 Å². The van der Waals surface area contributed by atoms with Crippen molar-refractivity contribution in [2.75, 3.05) is 7.11 Å². The lowest BCUT2D eigenvalue weighted by molar-refractivity contribution is 0.101. The van der Waals surface area contributed by atoms with Crippen molar-refractivity contribution in [3.05, 3.63) is 27.7 Å². The highest BCUT2D eigenvalue weighted by Gasteiger charge is 2.11. The van der Waals surface area contributed by atoms with Crippen molar-refractivity contribution in [3.63, 3.8) is 0 Å². The molecule has 1 aromatic rings. The largest absolute Gasteiger partial charge is 0.496 e. The molecule has 0 aliphatic carbocycles. The molecule has 0 aliphatic heterocycles. The summed E-state index contributed by atoms with van der Waals surface area (Å²) in [5.41, 5.74) is 1.77. The van der Waals surface area contributed by atoms with E-state index in [1.807, 2.05) is 12.1 Å². The molecule has 3 heteroatoms. The molecule has 1 rings (SSSR count). The van der Waals surface area contributed by atoms with Crippen molar-refractivity contribution in [2.24, 2.45) is 0 Å². The van der Waals surface area contributed by atoms with Gasteiger partial charge in [-0.1, -0.05) is 22.9 Å². The number of rotatable bonds is 3. The number of Topliss-reactive ketones (excluding diaryl/α,β-unsaturated/α-hetero) is 1. The molecule has 0 heterocycles. The fourth-order valence-electron chi connectivity index (χ4n) is 1.31. The lowest BCUT2D eigenvalue weighted by atomic mass is 10.1. The molecule has 0 bridgehead atoms. The molecule has 14 heavy (non-hydrogen) atoms. The van der Waals surface area contributed by atoms with Crippen LogP contribution in [0.3, 0.4) is 0 Å². The van der Waals surface area contributed by atoms with Gasteiger partial charge in [0.1, 0.15) is 5.75 Å². The first-order chi connectivity index (χ1) is 6.60. The van der Waals surface area contributed by atoms with E-state index in [1.54, 1.807) is 7.11 Å². The highest BCUT2D eigenvalue weighted by molar-refractivity contribution is 9.10. The summed E-state index contributed by atoms with van der Waals surface area (Å²) in [7, 11) is 1.58. The summed E-state index contributed by atoms with van der Waals surface area (Å²) in [5.74, 6) is 0.669. The zero-order valence-electron chi connectivity index (χ0n) is 8.56. The van der Waals surface area contributed by atoms with Crippen molar-refractivity contribution < 1.29 is 9.53 Å². The first-order valence-electron chi connectivity index (χ1n) is 4.47. The van der Waals surface area contributed by atoms with Crippen LogP contribution in [0.25, 0.3) is 0 Å². The first-order valence-corrected chi connectivity index (χ1v) is 5.26. The third-order valence-electron chi connectivity index (χ3n) is 2.13. The normalized spacial score (nSPS) is 10.0. The van der Waals surface area contributed by atoms with Crippen LogP contribution < -0.4 is 4.74 Å². The molecule has 76 valence electrons. The van der Waals surface area contributed by atoms with Crippen molar-refractivity contribution in [1.82, 2.24) is 0 Å². The number of carbonyl (C=O) groups excluding carboxylic acids is 1. The Bertz CT molecular complexity index is 359. The summed E-state index contributed by atoms with van der Waals surface area (Å²) in [4.78, 5) is 11.3. The van der Waals surface area contributed by atoms with Gasteiger partial charge in [-0.2, -0.15) is 0 Å². The van der Waals surface area contributed by atoms with Gasteiger partial charge >= 0.3 is 0 Å². The van der Waals surface area contributed by atoms with Crippen molar-refractivity contribution in [1.29, 1.82) is 0 Å². The number of hydrogen-bond donors (Lipinski definition) is 0. The molecule has 0 aromatic heterocycles. The highest BCUT2D eigenvalue weighted by Crippen LogP contribution is 2.28. The first kappa shape index (κ1) is 11.2. The maximum atomic E-state index is 11.3. The Kier molecular flexibility index (Phi) is 3.69. The molecule has 0 saturated carbocycles. The number of aryl methyl sites for hydroxylation is 1. The van der Waals surface area contributed by atoms with Gasteiger partial charge in [-0.05, 0) is 31.0 Å². The van der Waals surface area contributed by atoms with Crippen LogP contribution in [-0.2, 0) is 6.42 Å². The minimum absolute atomic E-state index is 0.0187. The molecule has 0 amide bonds.